The Morgan fingerprint density at radius 2 is 1.75 bits per heavy atom. The van der Waals surface area contributed by atoms with Crippen LogP contribution in [0.1, 0.15) is 79.3 Å². The molecule has 11 heteroatoms. The van der Waals surface area contributed by atoms with Gasteiger partial charge in [-0.15, -0.1) is 0 Å². The van der Waals surface area contributed by atoms with Crippen molar-refractivity contribution in [3.05, 3.63) is 59.4 Å². The third-order valence-electron chi connectivity index (χ3n) is 8.23. The van der Waals surface area contributed by atoms with Crippen molar-refractivity contribution >= 4 is 26.8 Å². The number of aliphatic hydroxyl groups excluding tert-OH is 1. The van der Waals surface area contributed by atoms with Crippen molar-refractivity contribution in [1.29, 1.82) is 0 Å². The van der Waals surface area contributed by atoms with Gasteiger partial charge in [0.1, 0.15) is 5.82 Å². The molecular weight excluding hydrogens is 543 g/mol. The van der Waals surface area contributed by atoms with Gasteiger partial charge in [-0.25, -0.2) is 13.4 Å². The molecule has 40 heavy (non-hydrogen) atoms. The van der Waals surface area contributed by atoms with E-state index in [0.717, 1.165) is 24.2 Å². The highest BCUT2D eigenvalue weighted by molar-refractivity contribution is 7.91. The number of amides is 1. The van der Waals surface area contributed by atoms with Crippen molar-refractivity contribution in [2.24, 2.45) is 11.8 Å². The molecule has 5 rings (SSSR count). The molecule has 216 valence electrons. The van der Waals surface area contributed by atoms with Crippen LogP contribution in [-0.2, 0) is 16.3 Å². The first-order chi connectivity index (χ1) is 19.0. The second-order valence-electron chi connectivity index (χ2n) is 11.0. The van der Waals surface area contributed by atoms with Crippen LogP contribution in [0.4, 0.5) is 13.2 Å². The van der Waals surface area contributed by atoms with Gasteiger partial charge in [-0.2, -0.15) is 13.2 Å². The van der Waals surface area contributed by atoms with Gasteiger partial charge in [0.15, 0.2) is 9.84 Å². The molecule has 2 aliphatic rings. The van der Waals surface area contributed by atoms with E-state index in [0.29, 0.717) is 41.9 Å². The maximum absolute atomic E-state index is 13.1. The van der Waals surface area contributed by atoms with Crippen molar-refractivity contribution in [1.82, 2.24) is 14.9 Å². The number of nitrogens with zero attached hydrogens (tertiary/aromatic N) is 2. The number of imidazole rings is 1. The number of aromatic nitrogens is 2. The molecule has 7 nitrogen and oxygen atoms in total. The summed E-state index contributed by atoms with van der Waals surface area (Å²) >= 11 is 0. The van der Waals surface area contributed by atoms with E-state index < -0.39 is 33.9 Å². The van der Waals surface area contributed by atoms with Gasteiger partial charge in [0.05, 0.1) is 40.2 Å². The summed E-state index contributed by atoms with van der Waals surface area (Å²) in [5.74, 6) is -0.622. The first-order valence-electron chi connectivity index (χ1n) is 13.8. The Morgan fingerprint density at radius 1 is 1.07 bits per heavy atom. The Labute approximate surface area is 231 Å². The van der Waals surface area contributed by atoms with E-state index >= 15 is 0 Å². The number of fused-ring (bicyclic) bond motifs is 1. The maximum atomic E-state index is 13.1. The van der Waals surface area contributed by atoms with Gasteiger partial charge >= 0.3 is 6.18 Å². The first kappa shape index (κ1) is 28.6. The van der Waals surface area contributed by atoms with E-state index in [-0.39, 0.29) is 36.0 Å². The lowest BCUT2D eigenvalue weighted by molar-refractivity contribution is -0.183. The highest BCUT2D eigenvalue weighted by atomic mass is 32.2. The number of alkyl halides is 3. The summed E-state index contributed by atoms with van der Waals surface area (Å²) in [6, 6.07) is 11.0. The quantitative estimate of drug-likeness (QED) is 0.348. The summed E-state index contributed by atoms with van der Waals surface area (Å²) in [6.07, 6.45) is -0.0865. The van der Waals surface area contributed by atoms with Crippen LogP contribution in [0.15, 0.2) is 47.4 Å². The second-order valence-corrected chi connectivity index (χ2v) is 13.3. The van der Waals surface area contributed by atoms with E-state index in [1.54, 1.807) is 31.2 Å². The molecule has 1 heterocycles. The van der Waals surface area contributed by atoms with E-state index in [1.807, 2.05) is 6.07 Å². The van der Waals surface area contributed by atoms with Gasteiger partial charge in [-0.05, 0) is 80.3 Å². The van der Waals surface area contributed by atoms with Crippen molar-refractivity contribution in [2.75, 3.05) is 12.4 Å². The van der Waals surface area contributed by atoms with Crippen molar-refractivity contribution in [3.63, 3.8) is 0 Å². The molecule has 1 aromatic heterocycles. The van der Waals surface area contributed by atoms with Gasteiger partial charge in [-0.3, -0.25) is 4.79 Å². The molecule has 0 saturated heterocycles. The summed E-state index contributed by atoms with van der Waals surface area (Å²) in [7, 11) is -3.36. The highest BCUT2D eigenvalue weighted by Crippen LogP contribution is 2.43. The smallest absolute Gasteiger partial charge is 0.391 e. The topological polar surface area (TPSA) is 101 Å². The van der Waals surface area contributed by atoms with E-state index in [1.165, 1.54) is 12.1 Å². The fourth-order valence-electron chi connectivity index (χ4n) is 5.68. The number of hydrogen-bond acceptors (Lipinski definition) is 5. The van der Waals surface area contributed by atoms with Crippen LogP contribution in [0, 0.1) is 11.8 Å². The minimum absolute atomic E-state index is 0.0214. The number of hydrogen-bond donors (Lipinski definition) is 2. The summed E-state index contributed by atoms with van der Waals surface area (Å²) < 4.78 is 65.7. The highest BCUT2D eigenvalue weighted by Gasteiger charge is 2.41. The number of carbonyl (C=O) groups is 1. The normalized spacial score (nSPS) is 20.9. The lowest BCUT2D eigenvalue weighted by Crippen LogP contribution is -2.30. The van der Waals surface area contributed by atoms with Gasteiger partial charge in [0, 0.05) is 18.0 Å². The number of benzene rings is 2. The third kappa shape index (κ3) is 6.05. The van der Waals surface area contributed by atoms with Crippen LogP contribution in [-0.4, -0.2) is 47.5 Å². The lowest BCUT2D eigenvalue weighted by Gasteiger charge is -2.29. The number of sulfone groups is 1. The number of aliphatic hydroxyl groups is 1. The number of rotatable bonds is 9. The SMILES string of the molecule is CCS(=O)(=O)c1ccc([C@H](CO)NC(=O)c2ccc3c(c2)nc(CC2CCC(C(F)(F)F)CC2)n3C2CC2)cc1. The molecule has 3 aromatic rings. The number of carbonyl (C=O) groups excluding carboxylic acids is 1. The molecule has 0 aliphatic heterocycles. The van der Waals surface area contributed by atoms with Gasteiger partial charge in [-0.1, -0.05) is 19.1 Å². The molecule has 2 fully saturated rings. The monoisotopic (exact) mass is 577 g/mol. The average Bonchev–Trinajstić information content (AvgIpc) is 3.71. The summed E-state index contributed by atoms with van der Waals surface area (Å²) in [6.45, 7) is 1.20. The van der Waals surface area contributed by atoms with E-state index in [4.69, 9.17) is 4.98 Å². The fourth-order valence-corrected chi connectivity index (χ4v) is 6.56. The molecule has 1 atom stereocenters. The third-order valence-corrected chi connectivity index (χ3v) is 9.98. The minimum Gasteiger partial charge on any atom is -0.394 e. The van der Waals surface area contributed by atoms with Crippen molar-refractivity contribution in [2.45, 2.75) is 75.0 Å². The molecule has 0 radical (unpaired) electrons. The van der Waals surface area contributed by atoms with Crippen LogP contribution >= 0.6 is 0 Å². The first-order valence-corrected chi connectivity index (χ1v) is 15.5. The number of nitrogens with one attached hydrogen (secondary N) is 1. The van der Waals surface area contributed by atoms with Gasteiger partial charge in [0.2, 0.25) is 0 Å². The standard InChI is InChI=1S/C29H34F3N3O4S/c1-2-40(38,39)23-12-5-19(6-13-23)25(17-36)34-28(37)20-7-14-26-24(16-20)33-27(35(26)22-10-11-22)15-18-3-8-21(9-4-18)29(30,31)32/h5-7,12-14,16,18,21-22,25,36H,2-4,8-11,15,17H2,1H3,(H,34,37)/t18?,21?,25-/m0/s1. The van der Waals surface area contributed by atoms with Crippen LogP contribution in [0.25, 0.3) is 11.0 Å². The van der Waals surface area contributed by atoms with E-state index in [9.17, 15) is 31.5 Å². The average molecular weight is 578 g/mol. The second kappa shape index (κ2) is 11.2. The molecule has 0 spiro atoms. The molecule has 2 saturated carbocycles. The predicted molar refractivity (Wildman–Crippen MR) is 145 cm³/mol. The lowest BCUT2D eigenvalue weighted by atomic mass is 9.80. The van der Waals surface area contributed by atoms with Crippen LogP contribution in [0.2, 0.25) is 0 Å². The van der Waals surface area contributed by atoms with Crippen molar-refractivity contribution in [3.8, 4) is 0 Å². The Morgan fingerprint density at radius 3 is 2.33 bits per heavy atom. The van der Waals surface area contributed by atoms with Gasteiger partial charge in [0.25, 0.3) is 5.91 Å². The maximum Gasteiger partial charge on any atom is 0.391 e. The zero-order valence-corrected chi connectivity index (χ0v) is 23.1. The molecule has 2 aromatic carbocycles. The molecular formula is C29H34F3N3O4S. The predicted octanol–water partition coefficient (Wildman–Crippen LogP) is 5.54. The Kier molecular flexibility index (Phi) is 7.98. The summed E-state index contributed by atoms with van der Waals surface area (Å²) in [5, 5.41) is 12.7. The van der Waals surface area contributed by atoms with Gasteiger partial charge < -0.3 is 15.0 Å². The number of halogens is 3. The summed E-state index contributed by atoms with van der Waals surface area (Å²) in [4.78, 5) is 18.1. The van der Waals surface area contributed by atoms with Crippen LogP contribution in [0.5, 0.6) is 0 Å². The zero-order chi connectivity index (χ0) is 28.7. The largest absolute Gasteiger partial charge is 0.394 e. The summed E-state index contributed by atoms with van der Waals surface area (Å²) in [5.41, 5.74) is 2.51. The van der Waals surface area contributed by atoms with Crippen LogP contribution < -0.4 is 5.32 Å². The molecule has 1 amide bonds. The molecule has 2 N–H and O–H groups in total. The Bertz CT molecular complexity index is 1470. The minimum atomic E-state index is -4.13. The molecule has 2 aliphatic carbocycles. The Balaban J connectivity index is 1.32. The molecule has 0 unspecified atom stereocenters. The van der Waals surface area contributed by atoms with Crippen molar-refractivity contribution < 1.29 is 31.5 Å². The Hall–Kier alpha value is -2.92. The van der Waals surface area contributed by atoms with Crippen LogP contribution in [0.3, 0.4) is 0 Å². The fraction of sp³-hybridized carbons (Fsp3) is 0.517. The zero-order valence-electron chi connectivity index (χ0n) is 22.3. The van der Waals surface area contributed by atoms with E-state index in [2.05, 4.69) is 9.88 Å². The molecule has 0 bridgehead atoms.